The number of halogens is 1. The molecule has 0 bridgehead atoms. The molecule has 7 heteroatoms. The summed E-state index contributed by atoms with van der Waals surface area (Å²) in [6.45, 7) is 5.90. The van der Waals surface area contributed by atoms with Gasteiger partial charge >= 0.3 is 5.97 Å². The van der Waals surface area contributed by atoms with Gasteiger partial charge in [-0.3, -0.25) is 0 Å². The molecule has 2 fully saturated rings. The van der Waals surface area contributed by atoms with Crippen LogP contribution in [0.4, 0.5) is 5.82 Å². The Balaban J connectivity index is 1.56. The number of carboxylic acid groups (broad SMARTS) is 1. The lowest BCUT2D eigenvalue weighted by molar-refractivity contribution is 0.0137. The van der Waals surface area contributed by atoms with Crippen LogP contribution in [0.1, 0.15) is 59.6 Å². The molecular formula is C28H33ClN2O4. The molecule has 1 aromatic heterocycles. The molecule has 2 aromatic rings. The van der Waals surface area contributed by atoms with Gasteiger partial charge < -0.3 is 19.5 Å². The van der Waals surface area contributed by atoms with Crippen molar-refractivity contribution >= 4 is 23.4 Å². The quantitative estimate of drug-likeness (QED) is 0.499. The van der Waals surface area contributed by atoms with Gasteiger partial charge in [-0.25, -0.2) is 9.78 Å². The topological polar surface area (TPSA) is 71.9 Å². The number of rotatable bonds is 6. The Hall–Kier alpha value is -2.57. The van der Waals surface area contributed by atoms with Crippen LogP contribution in [0.5, 0.6) is 5.75 Å². The Morgan fingerprint density at radius 3 is 2.80 bits per heavy atom. The largest absolute Gasteiger partial charge is 0.490 e. The first-order valence-electron chi connectivity index (χ1n) is 12.5. The van der Waals surface area contributed by atoms with Crippen molar-refractivity contribution in [1.29, 1.82) is 0 Å². The molecule has 0 amide bonds. The van der Waals surface area contributed by atoms with Crippen molar-refractivity contribution in [2.75, 3.05) is 25.2 Å². The van der Waals surface area contributed by atoms with Crippen molar-refractivity contribution in [3.63, 3.8) is 0 Å². The number of fused-ring (bicyclic) bond motifs is 4. The molecule has 3 aliphatic rings. The fourth-order valence-corrected chi connectivity index (χ4v) is 6.19. The van der Waals surface area contributed by atoms with Crippen LogP contribution in [0.25, 0.3) is 0 Å². The molecule has 6 nitrogen and oxygen atoms in total. The zero-order valence-electron chi connectivity index (χ0n) is 20.2. The molecule has 1 N–H and O–H groups in total. The van der Waals surface area contributed by atoms with Gasteiger partial charge in [-0.15, -0.1) is 6.58 Å². The number of aromatic nitrogens is 1. The van der Waals surface area contributed by atoms with Crippen LogP contribution in [-0.2, 0) is 11.3 Å². The van der Waals surface area contributed by atoms with Crippen molar-refractivity contribution in [3.05, 3.63) is 64.8 Å². The van der Waals surface area contributed by atoms with Gasteiger partial charge in [0.15, 0.2) is 17.3 Å². The summed E-state index contributed by atoms with van der Waals surface area (Å²) in [7, 11) is 1.73. The minimum absolute atomic E-state index is 0.00791. The van der Waals surface area contributed by atoms with E-state index in [9.17, 15) is 9.90 Å². The fourth-order valence-electron chi connectivity index (χ4n) is 6.01. The Labute approximate surface area is 211 Å². The summed E-state index contributed by atoms with van der Waals surface area (Å²) >= 11 is 6.45. The molecule has 0 saturated heterocycles. The summed E-state index contributed by atoms with van der Waals surface area (Å²) in [5.41, 5.74) is 2.56. The van der Waals surface area contributed by atoms with Crippen LogP contribution in [0.15, 0.2) is 43.0 Å². The molecule has 35 heavy (non-hydrogen) atoms. The number of benzene rings is 1. The lowest BCUT2D eigenvalue weighted by Crippen LogP contribution is -2.43. The van der Waals surface area contributed by atoms with E-state index in [0.717, 1.165) is 37.3 Å². The third-order valence-corrected chi connectivity index (χ3v) is 8.48. The molecule has 2 aliphatic carbocycles. The van der Waals surface area contributed by atoms with E-state index in [-0.39, 0.29) is 11.8 Å². The second kappa shape index (κ2) is 10.2. The van der Waals surface area contributed by atoms with E-state index in [1.165, 1.54) is 23.6 Å². The number of hydrogen-bond acceptors (Lipinski definition) is 5. The summed E-state index contributed by atoms with van der Waals surface area (Å²) in [5.74, 6) is 2.01. The number of carbonyl (C=O) groups is 1. The average molecular weight is 497 g/mol. The van der Waals surface area contributed by atoms with Crippen molar-refractivity contribution in [3.8, 4) is 5.75 Å². The molecule has 0 unspecified atom stereocenters. The van der Waals surface area contributed by atoms with E-state index in [0.29, 0.717) is 48.4 Å². The summed E-state index contributed by atoms with van der Waals surface area (Å²) in [6.07, 6.45) is 7.37. The van der Waals surface area contributed by atoms with Crippen molar-refractivity contribution < 1.29 is 19.4 Å². The van der Waals surface area contributed by atoms with Crippen LogP contribution in [0.3, 0.4) is 0 Å². The van der Waals surface area contributed by atoms with E-state index >= 15 is 0 Å². The van der Waals surface area contributed by atoms with Crippen molar-refractivity contribution in [2.24, 2.45) is 17.8 Å². The first kappa shape index (κ1) is 24.1. The number of anilines is 1. The van der Waals surface area contributed by atoms with Gasteiger partial charge in [0, 0.05) is 25.2 Å². The number of hydrogen-bond donors (Lipinski definition) is 1. The van der Waals surface area contributed by atoms with Crippen LogP contribution < -0.4 is 9.64 Å². The van der Waals surface area contributed by atoms with Gasteiger partial charge in [-0.05, 0) is 91.2 Å². The number of methoxy groups -OCH3 is 1. The number of pyridine rings is 1. The second-order valence-electron chi connectivity index (χ2n) is 10.1. The smallest absolute Gasteiger partial charge is 0.354 e. The third kappa shape index (κ3) is 4.78. The van der Waals surface area contributed by atoms with E-state index < -0.39 is 5.97 Å². The summed E-state index contributed by atoms with van der Waals surface area (Å²) < 4.78 is 11.9. The SMILES string of the molecule is C=C[C@H](OC)[C@@H]1CC[C@H]1CN1Cc2ccc(Cl)cc2[C@H]2CC[C@H]2CCOc2ccc(C(=O)O)nc21. The Kier molecular flexibility index (Phi) is 7.03. The lowest BCUT2D eigenvalue weighted by Gasteiger charge is -2.43. The van der Waals surface area contributed by atoms with E-state index in [1.807, 2.05) is 12.1 Å². The third-order valence-electron chi connectivity index (χ3n) is 8.25. The highest BCUT2D eigenvalue weighted by atomic mass is 35.5. The maximum atomic E-state index is 11.8. The average Bonchev–Trinajstić information content (AvgIpc) is 2.83. The predicted octanol–water partition coefficient (Wildman–Crippen LogP) is 5.94. The zero-order valence-corrected chi connectivity index (χ0v) is 20.9. The minimum Gasteiger partial charge on any atom is -0.490 e. The standard InChI is InChI=1S/C28H33ClN2O4/c1-3-25(34-2)22-9-6-18(22)15-31-16-19-4-7-20(29)14-23(19)21-8-5-17(21)12-13-35-26-11-10-24(28(32)33)30-27(26)31/h3-4,7,10-11,14,17-18,21-22,25H,1,5-6,8-9,12-13,15-16H2,2H3,(H,32,33)/t17-,18-,21-,22+,25-/m0/s1. The van der Waals surface area contributed by atoms with E-state index in [2.05, 4.69) is 28.6 Å². The first-order valence-corrected chi connectivity index (χ1v) is 12.9. The maximum absolute atomic E-state index is 11.8. The number of ether oxygens (including phenoxy) is 2. The van der Waals surface area contributed by atoms with Gasteiger partial charge in [-0.2, -0.15) is 0 Å². The molecule has 2 heterocycles. The van der Waals surface area contributed by atoms with Gasteiger partial charge in [0.1, 0.15) is 0 Å². The summed E-state index contributed by atoms with van der Waals surface area (Å²) in [4.78, 5) is 18.6. The molecule has 5 atom stereocenters. The number of aromatic carboxylic acids is 1. The predicted molar refractivity (Wildman–Crippen MR) is 136 cm³/mol. The molecule has 0 spiro atoms. The monoisotopic (exact) mass is 496 g/mol. The summed E-state index contributed by atoms with van der Waals surface area (Å²) in [6, 6.07) is 9.49. The fraction of sp³-hybridized carbons (Fsp3) is 0.500. The van der Waals surface area contributed by atoms with Crippen LogP contribution in [0.2, 0.25) is 5.02 Å². The zero-order chi connectivity index (χ0) is 24.5. The van der Waals surface area contributed by atoms with Crippen LogP contribution in [0, 0.1) is 17.8 Å². The number of nitrogens with zero attached hydrogens (tertiary/aromatic N) is 2. The number of carboxylic acids is 1. The van der Waals surface area contributed by atoms with E-state index in [4.69, 9.17) is 21.1 Å². The highest BCUT2D eigenvalue weighted by Crippen LogP contribution is 2.47. The molecule has 0 radical (unpaired) electrons. The molecule has 2 saturated carbocycles. The Morgan fingerprint density at radius 2 is 2.14 bits per heavy atom. The Morgan fingerprint density at radius 1 is 1.29 bits per heavy atom. The Bertz CT molecular complexity index is 1110. The maximum Gasteiger partial charge on any atom is 0.354 e. The second-order valence-corrected chi connectivity index (χ2v) is 10.5. The normalized spacial score (nSPS) is 26.4. The van der Waals surface area contributed by atoms with Gasteiger partial charge in [0.25, 0.3) is 0 Å². The van der Waals surface area contributed by atoms with Crippen LogP contribution in [-0.4, -0.2) is 42.4 Å². The van der Waals surface area contributed by atoms with Crippen molar-refractivity contribution in [1.82, 2.24) is 4.98 Å². The molecule has 1 aromatic carbocycles. The molecule has 186 valence electrons. The summed E-state index contributed by atoms with van der Waals surface area (Å²) in [5, 5.41) is 10.4. The van der Waals surface area contributed by atoms with Crippen molar-refractivity contribution in [2.45, 2.75) is 50.7 Å². The molecule has 5 rings (SSSR count). The minimum atomic E-state index is -1.04. The highest BCUT2D eigenvalue weighted by molar-refractivity contribution is 6.30. The highest BCUT2D eigenvalue weighted by Gasteiger charge is 2.39. The molecule has 1 aliphatic heterocycles. The van der Waals surface area contributed by atoms with E-state index in [1.54, 1.807) is 13.2 Å². The van der Waals surface area contributed by atoms with Gasteiger partial charge in [-0.1, -0.05) is 23.7 Å². The lowest BCUT2D eigenvalue weighted by atomic mass is 9.67. The first-order chi connectivity index (χ1) is 17.0. The van der Waals surface area contributed by atoms with Crippen LogP contribution >= 0.6 is 11.6 Å². The van der Waals surface area contributed by atoms with Gasteiger partial charge in [0.05, 0.1) is 12.7 Å². The van der Waals surface area contributed by atoms with Gasteiger partial charge in [0.2, 0.25) is 0 Å². The molecular weight excluding hydrogens is 464 g/mol.